The van der Waals surface area contributed by atoms with Crippen LogP contribution >= 0.6 is 22.9 Å². The van der Waals surface area contributed by atoms with Crippen molar-refractivity contribution in [1.29, 1.82) is 0 Å². The van der Waals surface area contributed by atoms with Gasteiger partial charge in [-0.05, 0) is 32.4 Å². The number of hydrogen-bond donors (Lipinski definition) is 0. The molecule has 0 N–H and O–H groups in total. The fraction of sp³-hybridized carbons (Fsp3) is 0.636. The first kappa shape index (κ1) is 15.0. The minimum Gasteiger partial charge on any atom is -0.206 e. The van der Waals surface area contributed by atoms with E-state index in [1.54, 1.807) is 12.1 Å². The van der Waals surface area contributed by atoms with Gasteiger partial charge < -0.3 is 0 Å². The van der Waals surface area contributed by atoms with E-state index in [4.69, 9.17) is 11.6 Å². The highest BCUT2D eigenvalue weighted by Crippen LogP contribution is 2.27. The van der Waals surface area contributed by atoms with Gasteiger partial charge in [0.05, 0.1) is 5.88 Å². The number of rotatable bonds is 6. The largest absolute Gasteiger partial charge is 0.252 e. The van der Waals surface area contributed by atoms with Gasteiger partial charge in [0.15, 0.2) is 0 Å². The summed E-state index contributed by atoms with van der Waals surface area (Å²) in [4.78, 5) is 0.880. The molecule has 0 aliphatic heterocycles. The lowest BCUT2D eigenvalue weighted by atomic mass is 10.4. The second-order valence-electron chi connectivity index (χ2n) is 4.06. The molecule has 0 amide bonds. The minimum atomic E-state index is -3.36. The summed E-state index contributed by atoms with van der Waals surface area (Å²) in [7, 11) is -3.36. The zero-order valence-electron chi connectivity index (χ0n) is 10.3. The number of alkyl halides is 1. The average Bonchev–Trinajstić information content (AvgIpc) is 2.74. The predicted octanol–water partition coefficient (Wildman–Crippen LogP) is 3.30. The highest BCUT2D eigenvalue weighted by Gasteiger charge is 2.27. The van der Waals surface area contributed by atoms with Gasteiger partial charge in [-0.15, -0.1) is 22.9 Å². The van der Waals surface area contributed by atoms with Crippen molar-refractivity contribution in [2.24, 2.45) is 0 Å². The molecule has 98 valence electrons. The molecule has 6 heteroatoms. The first-order valence-corrected chi connectivity index (χ1v) is 8.39. The number of thiophene rings is 1. The zero-order chi connectivity index (χ0) is 13.1. The van der Waals surface area contributed by atoms with Crippen LogP contribution in [0.3, 0.4) is 0 Å². The van der Waals surface area contributed by atoms with Crippen LogP contribution in [0, 0.1) is 0 Å². The molecule has 0 saturated carbocycles. The summed E-state index contributed by atoms with van der Waals surface area (Å²) < 4.78 is 26.7. The van der Waals surface area contributed by atoms with Crippen LogP contribution in [0.15, 0.2) is 16.3 Å². The Morgan fingerprint density at radius 2 is 2.06 bits per heavy atom. The number of nitrogens with zero attached hydrogens (tertiary/aromatic N) is 1. The Morgan fingerprint density at radius 1 is 1.41 bits per heavy atom. The SMILES string of the molecule is CCCN(C(C)C)S(=O)(=O)c1ccc(CCl)s1. The van der Waals surface area contributed by atoms with Crippen LogP contribution in [0.4, 0.5) is 0 Å². The second kappa shape index (κ2) is 6.18. The summed E-state index contributed by atoms with van der Waals surface area (Å²) in [5.41, 5.74) is 0. The average molecular weight is 296 g/mol. The molecule has 0 radical (unpaired) electrons. The predicted molar refractivity (Wildman–Crippen MR) is 73.2 cm³/mol. The maximum Gasteiger partial charge on any atom is 0.252 e. The van der Waals surface area contributed by atoms with Crippen LogP contribution < -0.4 is 0 Å². The van der Waals surface area contributed by atoms with E-state index in [-0.39, 0.29) is 6.04 Å². The van der Waals surface area contributed by atoms with Gasteiger partial charge in [0.1, 0.15) is 4.21 Å². The van der Waals surface area contributed by atoms with Crippen molar-refractivity contribution in [3.8, 4) is 0 Å². The zero-order valence-corrected chi connectivity index (χ0v) is 12.7. The highest BCUT2D eigenvalue weighted by atomic mass is 35.5. The summed E-state index contributed by atoms with van der Waals surface area (Å²) in [5.74, 6) is 0.357. The summed E-state index contributed by atoms with van der Waals surface area (Å²) in [5, 5.41) is 0. The molecule has 1 aromatic heterocycles. The molecule has 0 aliphatic rings. The Morgan fingerprint density at radius 3 is 2.47 bits per heavy atom. The summed E-state index contributed by atoms with van der Waals surface area (Å²) in [6.07, 6.45) is 0.811. The van der Waals surface area contributed by atoms with E-state index in [9.17, 15) is 8.42 Å². The smallest absolute Gasteiger partial charge is 0.206 e. The fourth-order valence-electron chi connectivity index (χ4n) is 1.56. The lowest BCUT2D eigenvalue weighted by molar-refractivity contribution is 0.355. The summed E-state index contributed by atoms with van der Waals surface area (Å²) >= 11 is 6.95. The van der Waals surface area contributed by atoms with Gasteiger partial charge in [0.25, 0.3) is 10.0 Å². The van der Waals surface area contributed by atoms with Crippen molar-refractivity contribution in [2.75, 3.05) is 6.54 Å². The van der Waals surface area contributed by atoms with Crippen LogP contribution in [0.2, 0.25) is 0 Å². The molecule has 1 rings (SSSR count). The molecule has 0 bridgehead atoms. The van der Waals surface area contributed by atoms with E-state index < -0.39 is 10.0 Å². The molecule has 3 nitrogen and oxygen atoms in total. The molecule has 0 fully saturated rings. The maximum atomic E-state index is 12.4. The molecule has 1 aromatic rings. The van der Waals surface area contributed by atoms with Crippen molar-refractivity contribution >= 4 is 33.0 Å². The Balaban J connectivity index is 3.07. The normalized spacial score (nSPS) is 12.6. The molecule has 0 aromatic carbocycles. The number of hydrogen-bond acceptors (Lipinski definition) is 3. The van der Waals surface area contributed by atoms with Gasteiger partial charge in [-0.2, -0.15) is 4.31 Å². The van der Waals surface area contributed by atoms with Gasteiger partial charge in [-0.1, -0.05) is 6.92 Å². The third-order valence-corrected chi connectivity index (χ3v) is 6.43. The maximum absolute atomic E-state index is 12.4. The van der Waals surface area contributed by atoms with Crippen molar-refractivity contribution in [3.63, 3.8) is 0 Å². The Hall–Kier alpha value is -0.100. The number of halogens is 1. The molecule has 0 spiro atoms. The number of sulfonamides is 1. The molecule has 0 aliphatic carbocycles. The van der Waals surface area contributed by atoms with Gasteiger partial charge in [0.2, 0.25) is 0 Å². The highest BCUT2D eigenvalue weighted by molar-refractivity contribution is 7.91. The van der Waals surface area contributed by atoms with Crippen molar-refractivity contribution in [3.05, 3.63) is 17.0 Å². The van der Waals surface area contributed by atoms with Crippen molar-refractivity contribution in [1.82, 2.24) is 4.31 Å². The van der Waals surface area contributed by atoms with Crippen LogP contribution in [0.5, 0.6) is 0 Å². The van der Waals surface area contributed by atoms with Gasteiger partial charge >= 0.3 is 0 Å². The molecular formula is C11H18ClNO2S2. The standard InChI is InChI=1S/C11H18ClNO2S2/c1-4-7-13(9(2)3)17(14,15)11-6-5-10(8-12)16-11/h5-6,9H,4,7-8H2,1-3H3. The van der Waals surface area contributed by atoms with Crippen LogP contribution in [0.25, 0.3) is 0 Å². The lowest BCUT2D eigenvalue weighted by Gasteiger charge is -2.24. The fourth-order valence-corrected chi connectivity index (χ4v) is 4.88. The summed E-state index contributed by atoms with van der Waals surface area (Å²) in [6, 6.07) is 3.39. The third kappa shape index (κ3) is 3.44. The van der Waals surface area contributed by atoms with Gasteiger partial charge in [0, 0.05) is 17.5 Å². The van der Waals surface area contributed by atoms with Gasteiger partial charge in [-0.3, -0.25) is 0 Å². The quantitative estimate of drug-likeness (QED) is 0.755. The van der Waals surface area contributed by atoms with Gasteiger partial charge in [-0.25, -0.2) is 8.42 Å². The van der Waals surface area contributed by atoms with E-state index >= 15 is 0 Å². The lowest BCUT2D eigenvalue weighted by Crippen LogP contribution is -2.37. The second-order valence-corrected chi connectivity index (χ2v) is 7.62. The molecular weight excluding hydrogens is 278 g/mol. The summed E-state index contributed by atoms with van der Waals surface area (Å²) in [6.45, 7) is 6.31. The third-order valence-electron chi connectivity index (χ3n) is 2.35. The molecule has 0 atom stereocenters. The molecule has 0 unspecified atom stereocenters. The molecule has 17 heavy (non-hydrogen) atoms. The van der Waals surface area contributed by atoms with E-state index in [1.807, 2.05) is 20.8 Å². The Labute approximate surface area is 112 Å². The van der Waals surface area contributed by atoms with Crippen LogP contribution in [-0.2, 0) is 15.9 Å². The Bertz CT molecular complexity index is 454. The minimum absolute atomic E-state index is 0.0264. The first-order chi connectivity index (χ1) is 7.93. The van der Waals surface area contributed by atoms with Crippen LogP contribution in [0.1, 0.15) is 32.1 Å². The van der Waals surface area contributed by atoms with Crippen molar-refractivity contribution < 1.29 is 8.42 Å². The van der Waals surface area contributed by atoms with E-state index in [2.05, 4.69) is 0 Å². The van der Waals surface area contributed by atoms with E-state index in [0.29, 0.717) is 16.6 Å². The van der Waals surface area contributed by atoms with E-state index in [0.717, 1.165) is 11.3 Å². The first-order valence-electron chi connectivity index (χ1n) is 5.60. The Kier molecular flexibility index (Phi) is 5.44. The monoisotopic (exact) mass is 295 g/mol. The topological polar surface area (TPSA) is 37.4 Å². The molecule has 1 heterocycles. The van der Waals surface area contributed by atoms with Crippen LogP contribution in [-0.4, -0.2) is 25.3 Å². The van der Waals surface area contributed by atoms with E-state index in [1.165, 1.54) is 15.6 Å². The molecule has 0 saturated heterocycles. The van der Waals surface area contributed by atoms with Crippen molar-refractivity contribution in [2.45, 2.75) is 43.3 Å².